The summed E-state index contributed by atoms with van der Waals surface area (Å²) in [6.07, 6.45) is 0. The normalized spacial score (nSPS) is 8.17. The first kappa shape index (κ1) is 10.5. The van der Waals surface area contributed by atoms with E-state index in [1.165, 1.54) is 13.8 Å². The molecule has 66 valence electrons. The minimum absolute atomic E-state index is 0.167. The molecule has 0 aliphatic heterocycles. The predicted octanol–water partition coefficient (Wildman–Crippen LogP) is 1.57. The molecule has 1 aromatic carbocycles. The van der Waals surface area contributed by atoms with E-state index in [2.05, 4.69) is 0 Å². The number of hydrogen-bond donors (Lipinski definition) is 2. The van der Waals surface area contributed by atoms with Crippen LogP contribution in [-0.4, -0.2) is 10.9 Å². The Kier molecular flexibility index (Phi) is 4.53. The number of hydrogen-bond acceptors (Lipinski definition) is 3. The van der Waals surface area contributed by atoms with Gasteiger partial charge in [0.2, 0.25) is 0 Å². The zero-order chi connectivity index (χ0) is 9.56. The number of phenols is 1. The molecule has 0 aliphatic carbocycles. The second-order valence-corrected chi connectivity index (χ2v) is 2.50. The van der Waals surface area contributed by atoms with E-state index >= 15 is 0 Å². The molecule has 0 saturated heterocycles. The molecule has 0 heterocycles. The van der Waals surface area contributed by atoms with Crippen molar-refractivity contribution in [1.82, 2.24) is 0 Å². The van der Waals surface area contributed by atoms with Crippen LogP contribution in [-0.2, 0) is 4.79 Å². The Morgan fingerprint density at radius 2 is 1.58 bits per heavy atom. The standard InChI is InChI=1S/C6H7NO.C3H6O/c7-5-1-3-6(8)4-2-5;1-3(2)4/h1-4,8H,7H2;1-2H3. The highest BCUT2D eigenvalue weighted by molar-refractivity contribution is 5.72. The Morgan fingerprint density at radius 3 is 1.83 bits per heavy atom. The molecule has 0 atom stereocenters. The van der Waals surface area contributed by atoms with E-state index in [-0.39, 0.29) is 11.5 Å². The summed E-state index contributed by atoms with van der Waals surface area (Å²) in [7, 11) is 0. The molecular formula is C9H13NO2. The van der Waals surface area contributed by atoms with Gasteiger partial charge in [0.25, 0.3) is 0 Å². The minimum atomic E-state index is 0.167. The van der Waals surface area contributed by atoms with Gasteiger partial charge < -0.3 is 15.6 Å². The van der Waals surface area contributed by atoms with Gasteiger partial charge in [-0.1, -0.05) is 0 Å². The number of phenolic OH excluding ortho intramolecular Hbond substituents is 1. The SMILES string of the molecule is CC(C)=O.Nc1ccc(O)cc1. The highest BCUT2D eigenvalue weighted by Gasteiger charge is 1.82. The lowest BCUT2D eigenvalue weighted by Crippen LogP contribution is -1.80. The van der Waals surface area contributed by atoms with Crippen molar-refractivity contribution in [2.45, 2.75) is 13.8 Å². The second-order valence-electron chi connectivity index (χ2n) is 2.50. The summed E-state index contributed by atoms with van der Waals surface area (Å²) in [5.74, 6) is 0.416. The van der Waals surface area contributed by atoms with Crippen molar-refractivity contribution in [3.05, 3.63) is 24.3 Å². The first-order valence-electron chi connectivity index (χ1n) is 3.54. The first-order chi connectivity index (χ1) is 5.52. The monoisotopic (exact) mass is 167 g/mol. The molecule has 0 aliphatic rings. The number of nitrogens with two attached hydrogens (primary N) is 1. The number of Topliss-reactive ketones (excluding diaryl/α,β-unsaturated/α-hetero) is 1. The number of ketones is 1. The molecular weight excluding hydrogens is 154 g/mol. The third kappa shape index (κ3) is 6.61. The van der Waals surface area contributed by atoms with Gasteiger partial charge in [0.1, 0.15) is 11.5 Å². The van der Waals surface area contributed by atoms with Crippen LogP contribution in [0.1, 0.15) is 13.8 Å². The summed E-state index contributed by atoms with van der Waals surface area (Å²) in [6, 6.07) is 6.40. The number of rotatable bonds is 0. The minimum Gasteiger partial charge on any atom is -0.508 e. The molecule has 0 aromatic heterocycles. The van der Waals surface area contributed by atoms with Crippen molar-refractivity contribution in [3.63, 3.8) is 0 Å². The molecule has 12 heavy (non-hydrogen) atoms. The topological polar surface area (TPSA) is 63.3 Å². The fourth-order valence-electron chi connectivity index (χ4n) is 0.474. The molecule has 3 N–H and O–H groups in total. The molecule has 3 heteroatoms. The third-order valence-corrected chi connectivity index (χ3v) is 0.893. The van der Waals surface area contributed by atoms with Crippen LogP contribution < -0.4 is 5.73 Å². The predicted molar refractivity (Wildman–Crippen MR) is 48.9 cm³/mol. The van der Waals surface area contributed by atoms with Crippen LogP contribution in [0.3, 0.4) is 0 Å². The smallest absolute Gasteiger partial charge is 0.126 e. The maximum absolute atomic E-state index is 9.44. The van der Waals surface area contributed by atoms with Gasteiger partial charge in [-0.2, -0.15) is 0 Å². The quantitative estimate of drug-likeness (QED) is 0.455. The van der Waals surface area contributed by atoms with Gasteiger partial charge in [-0.25, -0.2) is 0 Å². The highest BCUT2D eigenvalue weighted by atomic mass is 16.3. The van der Waals surface area contributed by atoms with Crippen molar-refractivity contribution in [3.8, 4) is 5.75 Å². The fourth-order valence-corrected chi connectivity index (χ4v) is 0.474. The fraction of sp³-hybridized carbons (Fsp3) is 0.222. The van der Waals surface area contributed by atoms with Gasteiger partial charge in [0, 0.05) is 5.69 Å². The van der Waals surface area contributed by atoms with Crippen molar-refractivity contribution in [2.75, 3.05) is 5.73 Å². The molecule has 0 spiro atoms. The van der Waals surface area contributed by atoms with Crippen molar-refractivity contribution in [2.24, 2.45) is 0 Å². The lowest BCUT2D eigenvalue weighted by atomic mass is 10.3. The molecule has 0 saturated carbocycles. The first-order valence-corrected chi connectivity index (χ1v) is 3.54. The lowest BCUT2D eigenvalue weighted by Gasteiger charge is -1.89. The molecule has 0 unspecified atom stereocenters. The van der Waals surface area contributed by atoms with Crippen molar-refractivity contribution in [1.29, 1.82) is 0 Å². The molecule has 0 amide bonds. The van der Waals surface area contributed by atoms with E-state index in [1.54, 1.807) is 24.3 Å². The van der Waals surface area contributed by atoms with Gasteiger partial charge in [-0.3, -0.25) is 0 Å². The lowest BCUT2D eigenvalue weighted by molar-refractivity contribution is -0.114. The largest absolute Gasteiger partial charge is 0.508 e. The zero-order valence-electron chi connectivity index (χ0n) is 7.24. The zero-order valence-corrected chi connectivity index (χ0v) is 7.24. The number of carbonyl (C=O) groups excluding carboxylic acids is 1. The number of aromatic hydroxyl groups is 1. The number of nitrogen functional groups attached to an aromatic ring is 1. The number of carbonyl (C=O) groups is 1. The Labute approximate surface area is 71.8 Å². The Balaban J connectivity index is 0.000000261. The van der Waals surface area contributed by atoms with Crippen LogP contribution >= 0.6 is 0 Å². The van der Waals surface area contributed by atoms with Crippen LogP contribution in [0.5, 0.6) is 5.75 Å². The summed E-state index contributed by atoms with van der Waals surface area (Å²) in [5, 5.41) is 8.70. The Morgan fingerprint density at radius 1 is 1.25 bits per heavy atom. The summed E-state index contributed by atoms with van der Waals surface area (Å²) in [6.45, 7) is 3.06. The maximum Gasteiger partial charge on any atom is 0.126 e. The number of anilines is 1. The van der Waals surface area contributed by atoms with Crippen LogP contribution in [0.15, 0.2) is 24.3 Å². The highest BCUT2D eigenvalue weighted by Crippen LogP contribution is 2.09. The van der Waals surface area contributed by atoms with E-state index in [9.17, 15) is 4.79 Å². The van der Waals surface area contributed by atoms with Crippen molar-refractivity contribution < 1.29 is 9.90 Å². The summed E-state index contributed by atoms with van der Waals surface area (Å²) < 4.78 is 0. The van der Waals surface area contributed by atoms with Gasteiger partial charge in [-0.15, -0.1) is 0 Å². The molecule has 1 rings (SSSR count). The summed E-state index contributed by atoms with van der Waals surface area (Å²) in [4.78, 5) is 9.44. The van der Waals surface area contributed by atoms with Crippen LogP contribution in [0.4, 0.5) is 5.69 Å². The van der Waals surface area contributed by atoms with Crippen molar-refractivity contribution >= 4 is 11.5 Å². The Bertz CT molecular complexity index is 216. The van der Waals surface area contributed by atoms with Crippen LogP contribution in [0.2, 0.25) is 0 Å². The molecule has 3 nitrogen and oxygen atoms in total. The molecule has 1 aromatic rings. The average Bonchev–Trinajstić information content (AvgIpc) is 1.94. The molecule has 0 bridgehead atoms. The number of benzene rings is 1. The molecule has 0 fully saturated rings. The van der Waals surface area contributed by atoms with Gasteiger partial charge >= 0.3 is 0 Å². The average molecular weight is 167 g/mol. The maximum atomic E-state index is 9.44. The second kappa shape index (κ2) is 5.18. The van der Waals surface area contributed by atoms with Gasteiger partial charge in [0.05, 0.1) is 0 Å². The summed E-state index contributed by atoms with van der Waals surface area (Å²) >= 11 is 0. The van der Waals surface area contributed by atoms with E-state index in [0.29, 0.717) is 5.69 Å². The van der Waals surface area contributed by atoms with E-state index in [0.717, 1.165) is 0 Å². The van der Waals surface area contributed by atoms with Crippen LogP contribution in [0, 0.1) is 0 Å². The third-order valence-electron chi connectivity index (χ3n) is 0.893. The van der Waals surface area contributed by atoms with E-state index < -0.39 is 0 Å². The van der Waals surface area contributed by atoms with Gasteiger partial charge in [-0.05, 0) is 38.1 Å². The van der Waals surface area contributed by atoms with Gasteiger partial charge in [0.15, 0.2) is 0 Å². The summed E-state index contributed by atoms with van der Waals surface area (Å²) in [5.41, 5.74) is 5.98. The van der Waals surface area contributed by atoms with Crippen LogP contribution in [0.25, 0.3) is 0 Å². The van der Waals surface area contributed by atoms with E-state index in [1.807, 2.05) is 0 Å². The Hall–Kier alpha value is -1.51. The molecule has 0 radical (unpaired) electrons. The van der Waals surface area contributed by atoms with E-state index in [4.69, 9.17) is 10.8 Å².